The molecule has 0 saturated carbocycles. The van der Waals surface area contributed by atoms with Crippen molar-refractivity contribution in [3.63, 3.8) is 0 Å². The first kappa shape index (κ1) is 43.8. The Labute approximate surface area is 318 Å². The average Bonchev–Trinajstić information content (AvgIpc) is 3.13. The van der Waals surface area contributed by atoms with Gasteiger partial charge in [0.1, 0.15) is 28.1 Å². The van der Waals surface area contributed by atoms with Crippen molar-refractivity contribution in [3.05, 3.63) is 56.8 Å². The fraction of sp³-hybridized carbons (Fsp3) is 0.525. The minimum Gasteiger partial charge on any atom is -0.507 e. The number of carbonyl (C=O) groups is 2. The lowest BCUT2D eigenvalue weighted by atomic mass is 9.98. The number of rotatable bonds is 25. The third-order valence-corrected chi connectivity index (χ3v) is 8.48. The smallest absolute Gasteiger partial charge is 0.257 e. The van der Waals surface area contributed by atoms with Gasteiger partial charge in [-0.15, -0.1) is 0 Å². The van der Waals surface area contributed by atoms with Gasteiger partial charge in [-0.05, 0) is 105 Å². The Bertz CT molecular complexity index is 1810. The summed E-state index contributed by atoms with van der Waals surface area (Å²) in [6.45, 7) is 12.5. The molecule has 0 fully saturated rings. The molecule has 2 aromatic carbocycles. The monoisotopic (exact) mass is 752 g/mol. The predicted octanol–water partition coefficient (Wildman–Crippen LogP) is 3.32. The number of nitrogens with two attached hydrogens (primary N) is 2. The van der Waals surface area contributed by atoms with Gasteiger partial charge in [0, 0.05) is 36.3 Å². The summed E-state index contributed by atoms with van der Waals surface area (Å²) in [5.41, 5.74) is 13.6. The van der Waals surface area contributed by atoms with Crippen LogP contribution in [0.25, 0.3) is 21.9 Å². The van der Waals surface area contributed by atoms with E-state index in [4.69, 9.17) is 30.1 Å². The van der Waals surface area contributed by atoms with Gasteiger partial charge in [-0.1, -0.05) is 23.3 Å². The summed E-state index contributed by atoms with van der Waals surface area (Å²) in [6, 6.07) is 3.04. The molecule has 3 rings (SSSR count). The van der Waals surface area contributed by atoms with Crippen molar-refractivity contribution in [1.82, 2.24) is 21.3 Å². The number of aromatic hydroxyl groups is 1. The second kappa shape index (κ2) is 23.2. The zero-order valence-electron chi connectivity index (χ0n) is 32.6. The van der Waals surface area contributed by atoms with Crippen molar-refractivity contribution in [2.45, 2.75) is 66.2 Å². The Hall–Kier alpha value is -4.63. The molecule has 0 atom stereocenters. The SMILES string of the molecule is COc1c(OCC(=O)NCCCNCCCN)cc2oc3cc(OCC(=O)NCCCNCCCN)c(CC=C(C)C)c(O)c3c(=O)c2c1CC=C(C)C. The number of carbonyl (C=O) groups excluding carboxylic acids is 2. The molecule has 14 nitrogen and oxygen atoms in total. The van der Waals surface area contributed by atoms with Gasteiger partial charge >= 0.3 is 0 Å². The van der Waals surface area contributed by atoms with Crippen LogP contribution in [0.3, 0.4) is 0 Å². The van der Waals surface area contributed by atoms with Gasteiger partial charge in [0.25, 0.3) is 11.8 Å². The summed E-state index contributed by atoms with van der Waals surface area (Å²) < 4.78 is 24.1. The quantitative estimate of drug-likeness (QED) is 0.0378. The summed E-state index contributed by atoms with van der Waals surface area (Å²) in [5.74, 6) is -0.229. The van der Waals surface area contributed by atoms with E-state index in [1.54, 1.807) is 0 Å². The third kappa shape index (κ3) is 13.3. The molecular formula is C40H60N6O8. The molecule has 0 aliphatic heterocycles. The van der Waals surface area contributed by atoms with Crippen molar-refractivity contribution >= 4 is 33.8 Å². The highest BCUT2D eigenvalue weighted by atomic mass is 16.5. The summed E-state index contributed by atoms with van der Waals surface area (Å²) in [6.07, 6.45) is 7.65. The number of hydrogen-bond donors (Lipinski definition) is 7. The zero-order valence-corrected chi connectivity index (χ0v) is 32.6. The van der Waals surface area contributed by atoms with Crippen molar-refractivity contribution in [2.24, 2.45) is 11.5 Å². The largest absolute Gasteiger partial charge is 0.507 e. The maximum Gasteiger partial charge on any atom is 0.257 e. The van der Waals surface area contributed by atoms with Gasteiger partial charge in [-0.25, -0.2) is 0 Å². The van der Waals surface area contributed by atoms with Crippen LogP contribution < -0.4 is 52.4 Å². The maximum atomic E-state index is 14.4. The molecule has 0 aliphatic rings. The number of phenols is 1. The minimum atomic E-state index is -0.466. The summed E-state index contributed by atoms with van der Waals surface area (Å²) in [4.78, 5) is 39.8. The lowest BCUT2D eigenvalue weighted by Gasteiger charge is -2.18. The highest BCUT2D eigenvalue weighted by Crippen LogP contribution is 2.41. The Morgan fingerprint density at radius 1 is 0.722 bits per heavy atom. The Morgan fingerprint density at radius 2 is 1.20 bits per heavy atom. The number of nitrogens with one attached hydrogen (secondary N) is 4. The summed E-state index contributed by atoms with van der Waals surface area (Å²) >= 11 is 0. The number of fused-ring (bicyclic) bond motifs is 2. The Kier molecular flexibility index (Phi) is 18.8. The van der Waals surface area contributed by atoms with E-state index in [0.717, 1.165) is 63.0 Å². The van der Waals surface area contributed by atoms with Crippen molar-refractivity contribution < 1.29 is 33.3 Å². The highest BCUT2D eigenvalue weighted by molar-refractivity contribution is 5.98. The lowest BCUT2D eigenvalue weighted by molar-refractivity contribution is -0.123. The van der Waals surface area contributed by atoms with Crippen LogP contribution in [0.4, 0.5) is 0 Å². The van der Waals surface area contributed by atoms with E-state index < -0.39 is 5.43 Å². The fourth-order valence-electron chi connectivity index (χ4n) is 5.64. The normalized spacial score (nSPS) is 11.0. The molecule has 0 saturated heterocycles. The Morgan fingerprint density at radius 3 is 1.72 bits per heavy atom. The highest BCUT2D eigenvalue weighted by Gasteiger charge is 2.25. The van der Waals surface area contributed by atoms with Crippen LogP contribution in [0, 0.1) is 0 Å². The summed E-state index contributed by atoms with van der Waals surface area (Å²) in [7, 11) is 1.47. The molecule has 1 aromatic heterocycles. The van der Waals surface area contributed by atoms with Gasteiger partial charge < -0.3 is 56.5 Å². The minimum absolute atomic E-state index is 0.0235. The van der Waals surface area contributed by atoms with Crippen LogP contribution in [0.15, 0.2) is 44.6 Å². The van der Waals surface area contributed by atoms with Gasteiger partial charge in [0.2, 0.25) is 5.43 Å². The number of amides is 2. The van der Waals surface area contributed by atoms with Gasteiger partial charge in [-0.2, -0.15) is 0 Å². The average molecular weight is 753 g/mol. The molecule has 0 spiro atoms. The molecule has 0 bridgehead atoms. The van der Waals surface area contributed by atoms with Crippen LogP contribution in [0.1, 0.15) is 64.5 Å². The Balaban J connectivity index is 1.98. The first-order valence-corrected chi connectivity index (χ1v) is 18.7. The number of methoxy groups -OCH3 is 1. The number of phenolic OH excluding ortho intramolecular Hbond substituents is 1. The molecule has 54 heavy (non-hydrogen) atoms. The van der Waals surface area contributed by atoms with Crippen molar-refractivity contribution in [2.75, 3.05) is 72.7 Å². The van der Waals surface area contributed by atoms with Crippen molar-refractivity contribution in [1.29, 1.82) is 0 Å². The molecule has 9 N–H and O–H groups in total. The second-order valence-corrected chi connectivity index (χ2v) is 13.5. The lowest BCUT2D eigenvalue weighted by Crippen LogP contribution is -2.31. The van der Waals surface area contributed by atoms with Gasteiger partial charge in [0.05, 0.1) is 12.5 Å². The molecule has 0 unspecified atom stereocenters. The standard InChI is InChI=1S/C40H60N6O8/c1-26(2)10-12-28-30(52-24-34(47)45-20-8-18-43-16-6-14-41)22-32-37(38(28)49)39(50)36-29(13-11-27(3)4)40(51-5)33(23-31(36)54-32)53-25-35(48)46-21-9-19-44-17-7-15-42/h10-11,22-23,43-44,49H,6-9,12-21,24-25,41-42H2,1-5H3,(H,45,47)(H,46,48). The first-order chi connectivity index (χ1) is 26.0. The van der Waals surface area contributed by atoms with Crippen molar-refractivity contribution in [3.8, 4) is 23.0 Å². The maximum absolute atomic E-state index is 14.4. The first-order valence-electron chi connectivity index (χ1n) is 18.7. The van der Waals surface area contributed by atoms with Crippen LogP contribution in [-0.4, -0.2) is 89.6 Å². The van der Waals surface area contributed by atoms with E-state index >= 15 is 0 Å². The topological polar surface area (TPSA) is 212 Å². The molecule has 0 aliphatic carbocycles. The van der Waals surface area contributed by atoms with E-state index in [-0.39, 0.29) is 76.4 Å². The number of benzene rings is 2. The summed E-state index contributed by atoms with van der Waals surface area (Å²) in [5, 5.41) is 24.1. The van der Waals surface area contributed by atoms with E-state index in [9.17, 15) is 19.5 Å². The molecule has 1 heterocycles. The molecular weight excluding hydrogens is 692 g/mol. The number of ether oxygens (including phenoxy) is 3. The number of allylic oxidation sites excluding steroid dienone is 4. The third-order valence-electron chi connectivity index (χ3n) is 8.48. The van der Waals surface area contributed by atoms with Gasteiger partial charge in [-0.3, -0.25) is 14.4 Å². The van der Waals surface area contributed by atoms with E-state index in [1.807, 2.05) is 39.8 Å². The zero-order chi connectivity index (χ0) is 39.5. The predicted molar refractivity (Wildman–Crippen MR) is 214 cm³/mol. The van der Waals surface area contributed by atoms with E-state index in [2.05, 4.69) is 21.3 Å². The van der Waals surface area contributed by atoms with Gasteiger partial charge in [0.15, 0.2) is 24.7 Å². The van der Waals surface area contributed by atoms with Crippen LogP contribution >= 0.6 is 0 Å². The van der Waals surface area contributed by atoms with E-state index in [0.29, 0.717) is 43.7 Å². The van der Waals surface area contributed by atoms with Crippen LogP contribution in [0.5, 0.6) is 23.0 Å². The van der Waals surface area contributed by atoms with Crippen LogP contribution in [-0.2, 0) is 22.4 Å². The molecule has 0 radical (unpaired) electrons. The van der Waals surface area contributed by atoms with E-state index in [1.165, 1.54) is 19.2 Å². The molecule has 2 amide bonds. The van der Waals surface area contributed by atoms with Crippen LogP contribution in [0.2, 0.25) is 0 Å². The fourth-order valence-corrected chi connectivity index (χ4v) is 5.64. The second-order valence-electron chi connectivity index (χ2n) is 13.5. The molecule has 3 aromatic rings. The number of hydrogen-bond acceptors (Lipinski definition) is 12. The molecule has 14 heteroatoms. The molecule has 298 valence electrons.